The van der Waals surface area contributed by atoms with Crippen LogP contribution in [-0.2, 0) is 21.5 Å². The molecule has 1 aliphatic heterocycles. The second-order valence-electron chi connectivity index (χ2n) is 9.00. The highest BCUT2D eigenvalue weighted by molar-refractivity contribution is 7.87. The largest absolute Gasteiger partial charge is 0.484 e. The summed E-state index contributed by atoms with van der Waals surface area (Å²) in [6, 6.07) is 12.3. The maximum atomic E-state index is 13.4. The van der Waals surface area contributed by atoms with Crippen LogP contribution < -0.4 is 25.7 Å². The molecule has 3 N–H and O–H groups in total. The number of benzene rings is 2. The van der Waals surface area contributed by atoms with Crippen molar-refractivity contribution in [1.82, 2.24) is 18.8 Å². The zero-order chi connectivity index (χ0) is 28.0. The van der Waals surface area contributed by atoms with Crippen LogP contribution in [0.2, 0.25) is 5.02 Å². The molecule has 0 atom stereocenters. The third-order valence-corrected chi connectivity index (χ3v) is 8.16. The Morgan fingerprint density at radius 1 is 1.10 bits per heavy atom. The maximum absolute atomic E-state index is 13.4. The van der Waals surface area contributed by atoms with E-state index in [9.17, 15) is 13.2 Å². The van der Waals surface area contributed by atoms with Gasteiger partial charge in [-0.3, -0.25) is 4.79 Å². The Morgan fingerprint density at radius 2 is 1.87 bits per heavy atom. The van der Waals surface area contributed by atoms with Gasteiger partial charge >= 0.3 is 5.56 Å². The second kappa shape index (κ2) is 12.8. The van der Waals surface area contributed by atoms with E-state index in [0.29, 0.717) is 48.4 Å². The molecule has 2 aromatic carbocycles. The Bertz CT molecular complexity index is 1460. The minimum atomic E-state index is -3.72. The van der Waals surface area contributed by atoms with E-state index in [-0.39, 0.29) is 32.0 Å². The van der Waals surface area contributed by atoms with E-state index in [0.717, 1.165) is 11.1 Å². The highest BCUT2D eigenvalue weighted by Gasteiger charge is 2.29. The molecule has 0 spiro atoms. The van der Waals surface area contributed by atoms with Crippen molar-refractivity contribution in [2.45, 2.75) is 20.4 Å². The number of hydrogen-bond acceptors (Lipinski definition) is 8. The Morgan fingerprint density at radius 3 is 2.56 bits per heavy atom. The van der Waals surface area contributed by atoms with Gasteiger partial charge in [-0.1, -0.05) is 29.8 Å². The molecule has 210 valence electrons. The first-order valence-corrected chi connectivity index (χ1v) is 14.4. The molecule has 4 rings (SSSR count). The van der Waals surface area contributed by atoms with E-state index in [1.165, 1.54) is 8.99 Å². The molecule has 0 unspecified atom stereocenters. The molecular weight excluding hydrogens is 544 g/mol. The fourth-order valence-corrected chi connectivity index (χ4v) is 5.52. The van der Waals surface area contributed by atoms with Crippen LogP contribution in [0.4, 0.5) is 11.4 Å². The van der Waals surface area contributed by atoms with E-state index >= 15 is 0 Å². The van der Waals surface area contributed by atoms with Gasteiger partial charge in [0.15, 0.2) is 0 Å². The summed E-state index contributed by atoms with van der Waals surface area (Å²) in [7, 11) is -3.72. The third kappa shape index (κ3) is 7.08. The average Bonchev–Trinajstić information content (AvgIpc) is 2.92. The van der Waals surface area contributed by atoms with Crippen molar-refractivity contribution in [3.63, 3.8) is 0 Å². The quantitative estimate of drug-likeness (QED) is 0.263. The number of rotatable bonds is 11. The number of aromatic nitrogens is 2. The van der Waals surface area contributed by atoms with E-state index in [2.05, 4.69) is 9.82 Å². The number of anilines is 2. The molecule has 1 fully saturated rings. The third-order valence-electron chi connectivity index (χ3n) is 6.37. The van der Waals surface area contributed by atoms with Crippen LogP contribution >= 0.6 is 11.6 Å². The topological polar surface area (TPSA) is 132 Å². The van der Waals surface area contributed by atoms with Crippen molar-refractivity contribution >= 4 is 33.2 Å². The molecule has 13 heteroatoms. The molecule has 0 amide bonds. The van der Waals surface area contributed by atoms with E-state index in [1.807, 2.05) is 30.9 Å². The van der Waals surface area contributed by atoms with Gasteiger partial charge in [0.1, 0.15) is 12.3 Å². The fraction of sp³-hybridized carbons (Fsp3) is 0.385. The van der Waals surface area contributed by atoms with Gasteiger partial charge < -0.3 is 20.1 Å². The van der Waals surface area contributed by atoms with Gasteiger partial charge in [-0.15, -0.1) is 0 Å². The van der Waals surface area contributed by atoms with Crippen molar-refractivity contribution in [2.24, 2.45) is 0 Å². The number of nitrogens with two attached hydrogens (primary N) is 1. The number of nitrogens with zero attached hydrogens (tertiary/aromatic N) is 4. The fourth-order valence-electron chi connectivity index (χ4n) is 4.16. The first-order chi connectivity index (χ1) is 18.7. The van der Waals surface area contributed by atoms with Crippen molar-refractivity contribution in [1.29, 1.82) is 0 Å². The highest BCUT2D eigenvalue weighted by atomic mass is 35.5. The molecule has 0 radical (unpaired) electrons. The zero-order valence-electron chi connectivity index (χ0n) is 22.0. The van der Waals surface area contributed by atoms with Crippen LogP contribution in [0.1, 0.15) is 18.1 Å². The van der Waals surface area contributed by atoms with Crippen LogP contribution in [0.3, 0.4) is 0 Å². The van der Waals surface area contributed by atoms with Gasteiger partial charge in [0.05, 0.1) is 18.5 Å². The molecule has 1 aromatic heterocycles. The number of nitrogen functional groups attached to an aromatic ring is 1. The summed E-state index contributed by atoms with van der Waals surface area (Å²) >= 11 is 6.12. The van der Waals surface area contributed by atoms with Crippen molar-refractivity contribution in [3.8, 4) is 11.4 Å². The minimum absolute atomic E-state index is 0.121. The zero-order valence-corrected chi connectivity index (χ0v) is 23.5. The van der Waals surface area contributed by atoms with Crippen LogP contribution in [-0.4, -0.2) is 68.5 Å². The second-order valence-corrected chi connectivity index (χ2v) is 11.2. The predicted molar refractivity (Wildman–Crippen MR) is 152 cm³/mol. The average molecular weight is 577 g/mol. The summed E-state index contributed by atoms with van der Waals surface area (Å²) in [5.41, 5.74) is 8.84. The van der Waals surface area contributed by atoms with Crippen LogP contribution in [0.15, 0.2) is 53.5 Å². The predicted octanol–water partition coefficient (Wildman–Crippen LogP) is 2.35. The Kier molecular flexibility index (Phi) is 9.46. The summed E-state index contributed by atoms with van der Waals surface area (Å²) in [5.74, 6) is 0.121. The molecule has 3 aromatic rings. The first kappa shape index (κ1) is 28.8. The maximum Gasteiger partial charge on any atom is 0.316 e. The van der Waals surface area contributed by atoms with Crippen LogP contribution in [0.25, 0.3) is 5.69 Å². The van der Waals surface area contributed by atoms with Crippen molar-refractivity contribution in [2.75, 3.05) is 56.6 Å². The molecule has 11 nitrogen and oxygen atoms in total. The lowest BCUT2D eigenvalue weighted by Crippen LogP contribution is -2.52. The molecule has 0 bridgehead atoms. The smallest absolute Gasteiger partial charge is 0.316 e. The molecule has 39 heavy (non-hydrogen) atoms. The lowest BCUT2D eigenvalue weighted by atomic mass is 10.1. The summed E-state index contributed by atoms with van der Waals surface area (Å²) in [5, 5.41) is 4.83. The van der Waals surface area contributed by atoms with E-state index < -0.39 is 15.8 Å². The Balaban J connectivity index is 1.49. The minimum Gasteiger partial charge on any atom is -0.484 e. The molecule has 0 saturated carbocycles. The van der Waals surface area contributed by atoms with E-state index in [1.54, 1.807) is 36.5 Å². The number of halogens is 1. The summed E-state index contributed by atoms with van der Waals surface area (Å²) in [6.07, 6.45) is 1.56. The van der Waals surface area contributed by atoms with Gasteiger partial charge in [-0.25, -0.2) is 0 Å². The molecule has 0 aliphatic carbocycles. The Labute approximate surface area is 233 Å². The van der Waals surface area contributed by atoms with E-state index in [4.69, 9.17) is 26.8 Å². The first-order valence-electron chi connectivity index (χ1n) is 12.6. The molecule has 1 aliphatic rings. The Hall–Kier alpha value is -3.16. The molecule has 1 saturated heterocycles. The van der Waals surface area contributed by atoms with Crippen molar-refractivity contribution < 1.29 is 17.9 Å². The van der Waals surface area contributed by atoms with Gasteiger partial charge in [0, 0.05) is 50.0 Å². The van der Waals surface area contributed by atoms with Gasteiger partial charge in [-0.05, 0) is 49.2 Å². The normalized spacial score (nSPS) is 14.5. The number of ether oxygens (including phenoxy) is 2. The monoisotopic (exact) mass is 576 g/mol. The SMILES string of the molecule is CCOCCOc1c(N2CCN(S(=O)(=O)NCc3ccc(C)c(N)c3)CC2)cnn(-c2cccc(Cl)c2)c1=O. The highest BCUT2D eigenvalue weighted by Crippen LogP contribution is 2.26. The van der Waals surface area contributed by atoms with Gasteiger partial charge in [-0.2, -0.15) is 27.2 Å². The summed E-state index contributed by atoms with van der Waals surface area (Å²) in [6.45, 7) is 6.08. The lowest BCUT2D eigenvalue weighted by Gasteiger charge is -2.35. The summed E-state index contributed by atoms with van der Waals surface area (Å²) < 4.78 is 42.4. The number of piperazine rings is 1. The molecular formula is C26H33ClN6O5S. The van der Waals surface area contributed by atoms with Gasteiger partial charge in [0.25, 0.3) is 10.2 Å². The van der Waals surface area contributed by atoms with Crippen LogP contribution in [0, 0.1) is 6.92 Å². The molecule has 2 heterocycles. The lowest BCUT2D eigenvalue weighted by molar-refractivity contribution is 0.109. The van der Waals surface area contributed by atoms with Crippen molar-refractivity contribution in [3.05, 3.63) is 75.2 Å². The number of aryl methyl sites for hydroxylation is 1. The summed E-state index contributed by atoms with van der Waals surface area (Å²) in [4.78, 5) is 15.3. The number of nitrogens with one attached hydrogen (secondary N) is 1. The standard InChI is InChI=1S/C26H33ClN6O5S/c1-3-37-13-14-38-25-24(18-29-33(26(25)34)22-6-4-5-21(27)16-22)31-9-11-32(12-10-31)39(35,36)30-17-20-8-7-19(2)23(28)15-20/h4-8,15-16,18,30H,3,9-14,17,28H2,1-2H3. The number of hydrogen-bond donors (Lipinski definition) is 2. The van der Waals surface area contributed by atoms with Crippen LogP contribution in [0.5, 0.6) is 5.75 Å². The van der Waals surface area contributed by atoms with Gasteiger partial charge in [0.2, 0.25) is 5.75 Å².